The van der Waals surface area contributed by atoms with Gasteiger partial charge in [-0.2, -0.15) is 0 Å². The van der Waals surface area contributed by atoms with Gasteiger partial charge in [-0.05, 0) is 55.5 Å². The number of hydrogen-bond acceptors (Lipinski definition) is 2. The summed E-state index contributed by atoms with van der Waals surface area (Å²) in [5, 5.41) is 9.56. The van der Waals surface area contributed by atoms with E-state index in [-0.39, 0.29) is 5.75 Å². The van der Waals surface area contributed by atoms with E-state index in [4.69, 9.17) is 0 Å². The molecule has 2 nitrogen and oxygen atoms in total. The van der Waals surface area contributed by atoms with Gasteiger partial charge in [-0.15, -0.1) is 0 Å². The Morgan fingerprint density at radius 2 is 1.74 bits per heavy atom. The van der Waals surface area contributed by atoms with Gasteiger partial charge in [-0.1, -0.05) is 42.5 Å². The minimum absolute atomic E-state index is 0.143. The highest BCUT2D eigenvalue weighted by Gasteiger charge is 2.36. The molecule has 0 spiro atoms. The molecular formula is C20H24FNO. The number of halogens is 1. The van der Waals surface area contributed by atoms with Crippen LogP contribution >= 0.6 is 0 Å². The lowest BCUT2D eigenvalue weighted by Crippen LogP contribution is -2.40. The first-order valence-electron chi connectivity index (χ1n) is 8.40. The van der Waals surface area contributed by atoms with E-state index in [1.165, 1.54) is 5.56 Å². The number of benzene rings is 2. The first-order valence-corrected chi connectivity index (χ1v) is 8.40. The van der Waals surface area contributed by atoms with Gasteiger partial charge in [0.05, 0.1) is 0 Å². The quantitative estimate of drug-likeness (QED) is 0.890. The summed E-state index contributed by atoms with van der Waals surface area (Å²) in [5.74, 6) is 0.143. The van der Waals surface area contributed by atoms with Crippen LogP contribution < -0.4 is 0 Å². The zero-order chi connectivity index (χ0) is 16.1. The maximum atomic E-state index is 15.1. The third kappa shape index (κ3) is 4.11. The van der Waals surface area contributed by atoms with Gasteiger partial charge >= 0.3 is 0 Å². The maximum absolute atomic E-state index is 15.1. The highest BCUT2D eigenvalue weighted by molar-refractivity contribution is 5.31. The fraction of sp³-hybridized carbons (Fsp3) is 0.400. The van der Waals surface area contributed by atoms with E-state index in [0.29, 0.717) is 18.4 Å². The molecule has 0 saturated carbocycles. The lowest BCUT2D eigenvalue weighted by Gasteiger charge is -2.36. The number of aryl methyl sites for hydroxylation is 1. The Morgan fingerprint density at radius 3 is 2.43 bits per heavy atom. The Hall–Kier alpha value is -1.87. The SMILES string of the molecule is Oc1cccc(C2(F)CCN(CCCc3ccccc3)CC2)c1. The zero-order valence-electron chi connectivity index (χ0n) is 13.4. The molecule has 0 aromatic heterocycles. The minimum atomic E-state index is -1.30. The monoisotopic (exact) mass is 313 g/mol. The number of piperidine rings is 1. The van der Waals surface area contributed by atoms with Crippen LogP contribution in [0.4, 0.5) is 4.39 Å². The van der Waals surface area contributed by atoms with E-state index < -0.39 is 5.67 Å². The Bertz CT molecular complexity index is 621. The molecule has 3 rings (SSSR count). The van der Waals surface area contributed by atoms with Crippen LogP contribution in [0.2, 0.25) is 0 Å². The van der Waals surface area contributed by atoms with E-state index in [0.717, 1.165) is 32.5 Å². The summed E-state index contributed by atoms with van der Waals surface area (Å²) in [5.41, 5.74) is 0.680. The standard InChI is InChI=1S/C20H24FNO/c21-20(18-9-4-10-19(23)16-18)11-14-22(15-12-20)13-5-8-17-6-2-1-3-7-17/h1-4,6-7,9-10,16,23H,5,8,11-15H2. The average molecular weight is 313 g/mol. The van der Waals surface area contributed by atoms with Gasteiger partial charge in [0.1, 0.15) is 11.4 Å². The number of rotatable bonds is 5. The molecule has 1 aliphatic heterocycles. The minimum Gasteiger partial charge on any atom is -0.508 e. The van der Waals surface area contributed by atoms with Gasteiger partial charge in [0.15, 0.2) is 0 Å². The Morgan fingerprint density at radius 1 is 1.00 bits per heavy atom. The second kappa shape index (κ2) is 7.14. The fourth-order valence-electron chi connectivity index (χ4n) is 3.36. The second-order valence-corrected chi connectivity index (χ2v) is 6.45. The third-order valence-corrected chi connectivity index (χ3v) is 4.79. The number of alkyl halides is 1. The van der Waals surface area contributed by atoms with Crippen molar-refractivity contribution in [1.82, 2.24) is 4.90 Å². The van der Waals surface area contributed by atoms with Gasteiger partial charge in [0.25, 0.3) is 0 Å². The number of hydrogen-bond donors (Lipinski definition) is 1. The predicted molar refractivity (Wildman–Crippen MR) is 91.3 cm³/mol. The van der Waals surface area contributed by atoms with Crippen molar-refractivity contribution >= 4 is 0 Å². The predicted octanol–water partition coefficient (Wildman–Crippen LogP) is 4.29. The van der Waals surface area contributed by atoms with Crippen molar-refractivity contribution in [3.8, 4) is 5.75 Å². The third-order valence-electron chi connectivity index (χ3n) is 4.79. The molecule has 1 aliphatic rings. The maximum Gasteiger partial charge on any atom is 0.138 e. The van der Waals surface area contributed by atoms with Crippen LogP contribution in [0.25, 0.3) is 0 Å². The number of aromatic hydroxyl groups is 1. The largest absolute Gasteiger partial charge is 0.508 e. The molecule has 2 aromatic carbocycles. The molecule has 0 unspecified atom stereocenters. The Kier molecular flexibility index (Phi) is 4.97. The lowest BCUT2D eigenvalue weighted by atomic mass is 9.86. The highest BCUT2D eigenvalue weighted by Crippen LogP contribution is 2.38. The molecule has 0 bridgehead atoms. The molecule has 0 amide bonds. The van der Waals surface area contributed by atoms with E-state index in [1.807, 2.05) is 6.07 Å². The smallest absolute Gasteiger partial charge is 0.138 e. The Labute approximate surface area is 137 Å². The average Bonchev–Trinajstić information content (AvgIpc) is 2.58. The molecule has 0 aliphatic carbocycles. The van der Waals surface area contributed by atoms with E-state index in [1.54, 1.807) is 24.3 Å². The van der Waals surface area contributed by atoms with Crippen molar-refractivity contribution in [2.75, 3.05) is 19.6 Å². The molecule has 1 N–H and O–H groups in total. The molecule has 1 heterocycles. The molecule has 122 valence electrons. The fourth-order valence-corrected chi connectivity index (χ4v) is 3.36. The molecule has 3 heteroatoms. The Balaban J connectivity index is 1.48. The van der Waals surface area contributed by atoms with Gasteiger partial charge in [-0.3, -0.25) is 0 Å². The molecular weight excluding hydrogens is 289 g/mol. The van der Waals surface area contributed by atoms with Crippen molar-refractivity contribution in [3.63, 3.8) is 0 Å². The van der Waals surface area contributed by atoms with Gasteiger partial charge in [0, 0.05) is 13.1 Å². The number of phenolic OH excluding ortho intramolecular Hbond substituents is 1. The van der Waals surface area contributed by atoms with E-state index in [2.05, 4.69) is 29.2 Å². The van der Waals surface area contributed by atoms with Crippen molar-refractivity contribution in [2.24, 2.45) is 0 Å². The van der Waals surface area contributed by atoms with Crippen LogP contribution in [0, 0.1) is 0 Å². The van der Waals surface area contributed by atoms with Crippen LogP contribution in [0.3, 0.4) is 0 Å². The summed E-state index contributed by atoms with van der Waals surface area (Å²) in [6, 6.07) is 17.2. The molecule has 23 heavy (non-hydrogen) atoms. The lowest BCUT2D eigenvalue weighted by molar-refractivity contribution is 0.0554. The van der Waals surface area contributed by atoms with E-state index in [9.17, 15) is 5.11 Å². The van der Waals surface area contributed by atoms with Crippen LogP contribution in [0.15, 0.2) is 54.6 Å². The van der Waals surface area contributed by atoms with Crippen molar-refractivity contribution in [2.45, 2.75) is 31.4 Å². The summed E-state index contributed by atoms with van der Waals surface area (Å²) in [6.07, 6.45) is 3.18. The molecule has 0 atom stereocenters. The first-order chi connectivity index (χ1) is 11.2. The summed E-state index contributed by atoms with van der Waals surface area (Å²) in [7, 11) is 0. The van der Waals surface area contributed by atoms with Crippen LogP contribution in [-0.2, 0) is 12.1 Å². The van der Waals surface area contributed by atoms with Crippen LogP contribution in [-0.4, -0.2) is 29.6 Å². The van der Waals surface area contributed by atoms with E-state index >= 15 is 4.39 Å². The summed E-state index contributed by atoms with van der Waals surface area (Å²) in [4.78, 5) is 2.35. The first kappa shape index (κ1) is 16.0. The summed E-state index contributed by atoms with van der Waals surface area (Å²) in [6.45, 7) is 2.58. The summed E-state index contributed by atoms with van der Waals surface area (Å²) >= 11 is 0. The van der Waals surface area contributed by atoms with Gasteiger partial charge < -0.3 is 10.0 Å². The summed E-state index contributed by atoms with van der Waals surface area (Å²) < 4.78 is 15.1. The normalized spacial score (nSPS) is 18.0. The van der Waals surface area contributed by atoms with Crippen molar-refractivity contribution in [1.29, 1.82) is 0 Å². The van der Waals surface area contributed by atoms with Crippen molar-refractivity contribution < 1.29 is 9.50 Å². The van der Waals surface area contributed by atoms with Crippen LogP contribution in [0.5, 0.6) is 5.75 Å². The second-order valence-electron chi connectivity index (χ2n) is 6.45. The molecule has 2 aromatic rings. The number of nitrogens with zero attached hydrogens (tertiary/aromatic N) is 1. The molecule has 0 radical (unpaired) electrons. The molecule has 1 saturated heterocycles. The van der Waals surface area contributed by atoms with Gasteiger partial charge in [0.2, 0.25) is 0 Å². The molecule has 1 fully saturated rings. The van der Waals surface area contributed by atoms with Gasteiger partial charge in [-0.25, -0.2) is 4.39 Å². The van der Waals surface area contributed by atoms with Crippen molar-refractivity contribution in [3.05, 3.63) is 65.7 Å². The number of likely N-dealkylation sites (tertiary alicyclic amines) is 1. The van der Waals surface area contributed by atoms with Crippen LogP contribution in [0.1, 0.15) is 30.4 Å². The number of phenols is 1. The topological polar surface area (TPSA) is 23.5 Å². The highest BCUT2D eigenvalue weighted by atomic mass is 19.1. The zero-order valence-corrected chi connectivity index (χ0v) is 13.4.